The zero-order valence-electron chi connectivity index (χ0n) is 21.6. The van der Waals surface area contributed by atoms with Gasteiger partial charge in [0.15, 0.2) is 0 Å². The summed E-state index contributed by atoms with van der Waals surface area (Å²) in [6.45, 7) is 2.41. The Labute approximate surface area is 230 Å². The van der Waals surface area contributed by atoms with E-state index < -0.39 is 22.7 Å². The smallest absolute Gasteiger partial charge is 0.295 e. The lowest BCUT2D eigenvalue weighted by Crippen LogP contribution is -2.29. The molecule has 1 N–H and O–H groups in total. The van der Waals surface area contributed by atoms with Crippen molar-refractivity contribution < 1.29 is 24.4 Å². The van der Waals surface area contributed by atoms with Gasteiger partial charge in [0.1, 0.15) is 18.1 Å². The maximum absolute atomic E-state index is 13.3. The number of aryl methyl sites for hydroxylation is 1. The van der Waals surface area contributed by atoms with E-state index in [2.05, 4.69) is 4.98 Å². The first-order chi connectivity index (χ1) is 19.3. The van der Waals surface area contributed by atoms with E-state index in [1.54, 1.807) is 54.9 Å². The van der Waals surface area contributed by atoms with Crippen LogP contribution in [0.15, 0.2) is 103 Å². The third kappa shape index (κ3) is 5.44. The maximum atomic E-state index is 13.3. The Morgan fingerprint density at radius 3 is 2.40 bits per heavy atom. The van der Waals surface area contributed by atoms with Crippen LogP contribution in [0.5, 0.6) is 5.75 Å². The molecule has 4 aromatic rings. The van der Waals surface area contributed by atoms with E-state index in [1.807, 2.05) is 31.2 Å². The van der Waals surface area contributed by atoms with Crippen LogP contribution in [0, 0.1) is 17.0 Å². The van der Waals surface area contributed by atoms with Crippen molar-refractivity contribution in [1.82, 2.24) is 9.88 Å². The lowest BCUT2D eigenvalue weighted by Gasteiger charge is -2.25. The van der Waals surface area contributed by atoms with Crippen molar-refractivity contribution in [2.45, 2.75) is 26.1 Å². The summed E-state index contributed by atoms with van der Waals surface area (Å²) in [4.78, 5) is 42.7. The number of nitro benzene ring substituents is 1. The van der Waals surface area contributed by atoms with Crippen LogP contribution in [0.1, 0.15) is 33.9 Å². The summed E-state index contributed by atoms with van der Waals surface area (Å²) in [5.74, 6) is -1.50. The number of ether oxygens (including phenoxy) is 1. The topological polar surface area (TPSA) is 123 Å². The molecule has 1 aromatic heterocycles. The summed E-state index contributed by atoms with van der Waals surface area (Å²) in [6.07, 6.45) is 3.13. The number of aromatic nitrogens is 1. The number of amides is 1. The van der Waals surface area contributed by atoms with Crippen LogP contribution >= 0.6 is 0 Å². The number of ketones is 1. The minimum Gasteiger partial charge on any atom is -0.507 e. The molecule has 0 aliphatic carbocycles. The number of benzene rings is 3. The lowest BCUT2D eigenvalue weighted by atomic mass is 9.95. The van der Waals surface area contributed by atoms with Gasteiger partial charge in [0, 0.05) is 36.6 Å². The molecule has 1 amide bonds. The molecule has 5 rings (SSSR count). The van der Waals surface area contributed by atoms with Gasteiger partial charge in [-0.1, -0.05) is 42.0 Å². The number of aliphatic hydroxyl groups is 1. The molecule has 3 aromatic carbocycles. The van der Waals surface area contributed by atoms with E-state index in [-0.39, 0.29) is 23.6 Å². The second kappa shape index (κ2) is 11.2. The predicted octanol–water partition coefficient (Wildman–Crippen LogP) is 5.50. The lowest BCUT2D eigenvalue weighted by molar-refractivity contribution is -0.384. The summed E-state index contributed by atoms with van der Waals surface area (Å²) >= 11 is 0. The molecule has 0 spiro atoms. The Morgan fingerprint density at radius 1 is 0.975 bits per heavy atom. The number of hydrogen-bond donors (Lipinski definition) is 1. The fourth-order valence-corrected chi connectivity index (χ4v) is 4.72. The molecule has 40 heavy (non-hydrogen) atoms. The molecule has 200 valence electrons. The molecular weight excluding hydrogens is 510 g/mol. The number of pyridine rings is 1. The second-order valence-corrected chi connectivity index (χ2v) is 9.44. The zero-order valence-corrected chi connectivity index (χ0v) is 21.6. The molecule has 1 saturated heterocycles. The molecule has 0 saturated carbocycles. The molecule has 1 aliphatic heterocycles. The van der Waals surface area contributed by atoms with Gasteiger partial charge in [0.2, 0.25) is 0 Å². The zero-order chi connectivity index (χ0) is 28.2. The Kier molecular flexibility index (Phi) is 7.37. The molecule has 1 fully saturated rings. The van der Waals surface area contributed by atoms with E-state index in [9.17, 15) is 24.8 Å². The number of likely N-dealkylation sites (tertiary alicyclic amines) is 1. The van der Waals surface area contributed by atoms with Gasteiger partial charge in [0.05, 0.1) is 16.5 Å². The number of carbonyl (C=O) groups excluding carboxylic acids is 2. The summed E-state index contributed by atoms with van der Waals surface area (Å²) in [5, 5.41) is 22.8. The Balaban J connectivity index is 1.50. The molecule has 0 bridgehead atoms. The van der Waals surface area contributed by atoms with Crippen LogP contribution in [0.4, 0.5) is 5.69 Å². The highest BCUT2D eigenvalue weighted by molar-refractivity contribution is 6.46. The summed E-state index contributed by atoms with van der Waals surface area (Å²) in [5.41, 5.74) is 3.15. The fraction of sp³-hybridized carbons (Fsp3) is 0.129. The molecular formula is C31H25N3O6. The number of non-ortho nitro benzene ring substituents is 1. The number of nitro groups is 1. The van der Waals surface area contributed by atoms with Crippen LogP contribution in [-0.4, -0.2) is 31.6 Å². The van der Waals surface area contributed by atoms with Crippen LogP contribution in [0.3, 0.4) is 0 Å². The van der Waals surface area contributed by atoms with Crippen molar-refractivity contribution >= 4 is 23.1 Å². The summed E-state index contributed by atoms with van der Waals surface area (Å²) in [7, 11) is 0. The van der Waals surface area contributed by atoms with E-state index in [1.165, 1.54) is 23.1 Å². The molecule has 1 aliphatic rings. The summed E-state index contributed by atoms with van der Waals surface area (Å²) in [6, 6.07) is 22.6. The molecule has 2 heterocycles. The van der Waals surface area contributed by atoms with Crippen molar-refractivity contribution in [3.05, 3.63) is 141 Å². The monoisotopic (exact) mass is 535 g/mol. The third-order valence-electron chi connectivity index (χ3n) is 6.65. The largest absolute Gasteiger partial charge is 0.507 e. The van der Waals surface area contributed by atoms with Crippen molar-refractivity contribution in [1.29, 1.82) is 0 Å². The third-order valence-corrected chi connectivity index (χ3v) is 6.65. The van der Waals surface area contributed by atoms with E-state index in [0.717, 1.165) is 11.1 Å². The number of aliphatic hydroxyl groups excluding tert-OH is 1. The number of Topliss-reactive ketones (excluding diaryl/α,β-unsaturated/α-hetero) is 1. The average molecular weight is 536 g/mol. The minimum absolute atomic E-state index is 0.0446. The highest BCUT2D eigenvalue weighted by Crippen LogP contribution is 2.41. The number of carbonyl (C=O) groups is 2. The van der Waals surface area contributed by atoms with Crippen molar-refractivity contribution in [2.24, 2.45) is 0 Å². The van der Waals surface area contributed by atoms with Crippen LogP contribution < -0.4 is 4.74 Å². The Bertz CT molecular complexity index is 1620. The number of rotatable bonds is 8. The van der Waals surface area contributed by atoms with Gasteiger partial charge in [-0.3, -0.25) is 24.7 Å². The van der Waals surface area contributed by atoms with E-state index in [4.69, 9.17) is 4.74 Å². The number of hydrogen-bond acceptors (Lipinski definition) is 7. The highest BCUT2D eigenvalue weighted by atomic mass is 16.6. The molecule has 0 radical (unpaired) electrons. The van der Waals surface area contributed by atoms with Gasteiger partial charge in [-0.2, -0.15) is 0 Å². The number of nitrogens with zero attached hydrogens (tertiary/aromatic N) is 3. The van der Waals surface area contributed by atoms with E-state index >= 15 is 0 Å². The quantitative estimate of drug-likeness (QED) is 0.104. The maximum Gasteiger partial charge on any atom is 0.295 e. The van der Waals surface area contributed by atoms with Crippen molar-refractivity contribution in [3.63, 3.8) is 0 Å². The van der Waals surface area contributed by atoms with Gasteiger partial charge < -0.3 is 14.7 Å². The molecule has 9 heteroatoms. The standard InChI is InChI=1S/C31H25N3O6/c1-20-4-2-5-22(16-20)19-40-26-10-8-23(9-11-26)29(35)27-28(24-6-3-7-25(17-24)34(38)39)33(31(37)30(27)36)18-21-12-14-32-15-13-21/h2-17,28,35H,18-19H2,1H3/b29-27-. The SMILES string of the molecule is Cc1cccc(COc2ccc(/C(O)=C3/C(=O)C(=O)N(Cc4ccncc4)C3c3cccc([N+](=O)[O-])c3)cc2)c1. The van der Waals surface area contributed by atoms with Crippen LogP contribution in [0.2, 0.25) is 0 Å². The Hall–Kier alpha value is -5.31. The highest BCUT2D eigenvalue weighted by Gasteiger charge is 2.46. The van der Waals surface area contributed by atoms with Crippen molar-refractivity contribution in [3.8, 4) is 5.75 Å². The van der Waals surface area contributed by atoms with Crippen LogP contribution in [0.25, 0.3) is 5.76 Å². The first-order valence-electron chi connectivity index (χ1n) is 12.5. The normalized spacial score (nSPS) is 16.2. The van der Waals surface area contributed by atoms with Gasteiger partial charge in [-0.05, 0) is 60.0 Å². The van der Waals surface area contributed by atoms with Crippen LogP contribution in [-0.2, 0) is 22.7 Å². The van der Waals surface area contributed by atoms with Gasteiger partial charge >= 0.3 is 0 Å². The molecule has 1 unspecified atom stereocenters. The Morgan fingerprint density at radius 2 is 1.70 bits per heavy atom. The van der Waals surface area contributed by atoms with Gasteiger partial charge in [0.25, 0.3) is 17.4 Å². The average Bonchev–Trinajstić information content (AvgIpc) is 3.21. The fourth-order valence-electron chi connectivity index (χ4n) is 4.72. The van der Waals surface area contributed by atoms with Gasteiger partial charge in [-0.25, -0.2) is 0 Å². The molecule has 9 nitrogen and oxygen atoms in total. The van der Waals surface area contributed by atoms with Crippen molar-refractivity contribution in [2.75, 3.05) is 0 Å². The molecule has 1 atom stereocenters. The first kappa shape index (κ1) is 26.3. The first-order valence-corrected chi connectivity index (χ1v) is 12.5. The summed E-state index contributed by atoms with van der Waals surface area (Å²) < 4.78 is 5.86. The second-order valence-electron chi connectivity index (χ2n) is 9.44. The van der Waals surface area contributed by atoms with E-state index in [0.29, 0.717) is 29.0 Å². The predicted molar refractivity (Wildman–Crippen MR) is 147 cm³/mol. The minimum atomic E-state index is -1.04. The van der Waals surface area contributed by atoms with Gasteiger partial charge in [-0.15, -0.1) is 0 Å².